The maximum absolute atomic E-state index is 12.0. The predicted molar refractivity (Wildman–Crippen MR) is 124 cm³/mol. The van der Waals surface area contributed by atoms with Crippen LogP contribution in [0.3, 0.4) is 0 Å². The highest BCUT2D eigenvalue weighted by Gasteiger charge is 2.14. The molecule has 0 heterocycles. The van der Waals surface area contributed by atoms with Gasteiger partial charge in [-0.25, -0.2) is 10.2 Å². The van der Waals surface area contributed by atoms with Gasteiger partial charge < -0.3 is 14.8 Å². The molecule has 0 unspecified atom stereocenters. The maximum Gasteiger partial charge on any atom is 0.337 e. The second kappa shape index (κ2) is 11.4. The zero-order valence-corrected chi connectivity index (χ0v) is 18.3. The van der Waals surface area contributed by atoms with E-state index in [2.05, 4.69) is 20.6 Å². The van der Waals surface area contributed by atoms with Gasteiger partial charge in [-0.15, -0.1) is 0 Å². The van der Waals surface area contributed by atoms with Crippen LogP contribution in [0.2, 0.25) is 5.02 Å². The van der Waals surface area contributed by atoms with Crippen molar-refractivity contribution in [3.05, 3.63) is 94.5 Å². The molecule has 2 N–H and O–H groups in total. The molecule has 33 heavy (non-hydrogen) atoms. The van der Waals surface area contributed by atoms with Gasteiger partial charge in [0.15, 0.2) is 0 Å². The highest BCUT2D eigenvalue weighted by molar-refractivity contribution is 6.41. The van der Waals surface area contributed by atoms with Crippen LogP contribution in [0.4, 0.5) is 5.69 Å². The first kappa shape index (κ1) is 23.5. The molecule has 0 fully saturated rings. The molecule has 0 radical (unpaired) electrons. The van der Waals surface area contributed by atoms with Gasteiger partial charge in [0.1, 0.15) is 12.4 Å². The number of para-hydroxylation sites is 2. The zero-order valence-electron chi connectivity index (χ0n) is 17.6. The normalized spacial score (nSPS) is 10.5. The van der Waals surface area contributed by atoms with Crippen molar-refractivity contribution in [1.29, 1.82) is 0 Å². The van der Waals surface area contributed by atoms with Gasteiger partial charge in [0, 0.05) is 5.56 Å². The van der Waals surface area contributed by atoms with Crippen LogP contribution in [0.25, 0.3) is 0 Å². The van der Waals surface area contributed by atoms with E-state index in [4.69, 9.17) is 16.3 Å². The van der Waals surface area contributed by atoms with Gasteiger partial charge in [-0.2, -0.15) is 5.10 Å². The number of hydrogen-bond donors (Lipinski definition) is 2. The number of hydrazone groups is 1. The Bertz CT molecular complexity index is 1180. The van der Waals surface area contributed by atoms with Crippen molar-refractivity contribution < 1.29 is 23.9 Å². The minimum Gasteiger partial charge on any atom is -0.488 e. The summed E-state index contributed by atoms with van der Waals surface area (Å²) in [4.78, 5) is 35.5. The van der Waals surface area contributed by atoms with E-state index in [1.807, 2.05) is 0 Å². The van der Waals surface area contributed by atoms with Gasteiger partial charge >= 0.3 is 17.8 Å². The number of benzene rings is 3. The number of esters is 1. The maximum atomic E-state index is 12.0. The molecule has 8 nitrogen and oxygen atoms in total. The smallest absolute Gasteiger partial charge is 0.337 e. The molecular formula is C24H20ClN3O5. The number of anilines is 1. The van der Waals surface area contributed by atoms with E-state index >= 15 is 0 Å². The summed E-state index contributed by atoms with van der Waals surface area (Å²) in [6.07, 6.45) is 1.37. The van der Waals surface area contributed by atoms with Gasteiger partial charge in [-0.1, -0.05) is 48.0 Å². The lowest BCUT2D eigenvalue weighted by molar-refractivity contribution is -0.136. The minimum atomic E-state index is -0.949. The summed E-state index contributed by atoms with van der Waals surface area (Å²) < 4.78 is 10.5. The molecule has 3 aromatic carbocycles. The van der Waals surface area contributed by atoms with E-state index in [-0.39, 0.29) is 6.61 Å². The number of carbonyl (C=O) groups excluding carboxylic acids is 3. The number of nitrogens with zero attached hydrogens (tertiary/aromatic N) is 1. The Hall–Kier alpha value is -4.17. The first-order chi connectivity index (χ1) is 16.0. The Kier molecular flexibility index (Phi) is 8.15. The zero-order chi connectivity index (χ0) is 23.6. The van der Waals surface area contributed by atoms with Crippen molar-refractivity contribution in [1.82, 2.24) is 5.43 Å². The highest BCUT2D eigenvalue weighted by atomic mass is 35.5. The first-order valence-corrected chi connectivity index (χ1v) is 10.1. The summed E-state index contributed by atoms with van der Waals surface area (Å²) in [7, 11) is 1.32. The molecule has 9 heteroatoms. The Balaban J connectivity index is 1.57. The largest absolute Gasteiger partial charge is 0.488 e. The van der Waals surface area contributed by atoms with Crippen LogP contribution in [0, 0.1) is 0 Å². The van der Waals surface area contributed by atoms with E-state index in [0.29, 0.717) is 27.6 Å². The van der Waals surface area contributed by atoms with Crippen LogP contribution >= 0.6 is 11.6 Å². The highest BCUT2D eigenvalue weighted by Crippen LogP contribution is 2.20. The third-order valence-electron chi connectivity index (χ3n) is 4.39. The Morgan fingerprint density at radius 2 is 1.64 bits per heavy atom. The van der Waals surface area contributed by atoms with Gasteiger partial charge in [-0.3, -0.25) is 9.59 Å². The average molecular weight is 466 g/mol. The number of hydrogen-bond acceptors (Lipinski definition) is 6. The Morgan fingerprint density at radius 1 is 0.939 bits per heavy atom. The molecule has 168 valence electrons. The fraction of sp³-hybridized carbons (Fsp3) is 0.0833. The van der Waals surface area contributed by atoms with Crippen LogP contribution in [0.1, 0.15) is 21.5 Å². The number of amides is 2. The minimum absolute atomic E-state index is 0.249. The molecule has 3 rings (SSSR count). The molecule has 3 aromatic rings. The summed E-state index contributed by atoms with van der Waals surface area (Å²) in [5.74, 6) is -1.74. The lowest BCUT2D eigenvalue weighted by Crippen LogP contribution is -2.32. The average Bonchev–Trinajstić information content (AvgIpc) is 2.84. The number of methoxy groups -OCH3 is 1. The molecule has 2 amide bonds. The lowest BCUT2D eigenvalue weighted by atomic mass is 10.1. The van der Waals surface area contributed by atoms with Crippen molar-refractivity contribution in [2.45, 2.75) is 6.61 Å². The SMILES string of the molecule is COC(=O)c1ccc(COc2ccccc2/C=N/NC(=O)C(=O)Nc2ccccc2Cl)cc1. The number of carbonyl (C=O) groups is 3. The van der Waals surface area contributed by atoms with Crippen molar-refractivity contribution in [2.75, 3.05) is 12.4 Å². The number of rotatable bonds is 7. The number of halogens is 1. The van der Waals surface area contributed by atoms with E-state index in [9.17, 15) is 14.4 Å². The second-order valence-electron chi connectivity index (χ2n) is 6.65. The van der Waals surface area contributed by atoms with E-state index in [1.165, 1.54) is 13.3 Å². The summed E-state index contributed by atoms with van der Waals surface area (Å²) in [5.41, 5.74) is 4.38. The summed E-state index contributed by atoms with van der Waals surface area (Å²) >= 11 is 5.97. The standard InChI is InChI=1S/C24H20ClN3O5/c1-32-24(31)17-12-10-16(11-13-17)15-33-21-9-5-2-6-18(21)14-26-28-23(30)22(29)27-20-8-4-3-7-19(20)25/h2-14H,15H2,1H3,(H,27,29)(H,28,30)/b26-14+. The molecular weight excluding hydrogens is 446 g/mol. The van der Waals surface area contributed by atoms with Gasteiger partial charge in [0.05, 0.1) is 29.6 Å². The fourth-order valence-electron chi connectivity index (χ4n) is 2.69. The topological polar surface area (TPSA) is 106 Å². The van der Waals surface area contributed by atoms with Crippen molar-refractivity contribution in [2.24, 2.45) is 5.10 Å². The van der Waals surface area contributed by atoms with Gasteiger partial charge in [0.25, 0.3) is 0 Å². The quantitative estimate of drug-likeness (QED) is 0.239. The van der Waals surface area contributed by atoms with E-state index < -0.39 is 17.8 Å². The van der Waals surface area contributed by atoms with Gasteiger partial charge in [0.2, 0.25) is 0 Å². The van der Waals surface area contributed by atoms with E-state index in [1.54, 1.807) is 72.8 Å². The lowest BCUT2D eigenvalue weighted by Gasteiger charge is -2.09. The van der Waals surface area contributed by atoms with Gasteiger partial charge in [-0.05, 0) is 42.0 Å². The van der Waals surface area contributed by atoms with Crippen molar-refractivity contribution in [3.8, 4) is 5.75 Å². The van der Waals surface area contributed by atoms with Crippen molar-refractivity contribution in [3.63, 3.8) is 0 Å². The molecule has 0 aliphatic carbocycles. The molecule has 0 aliphatic heterocycles. The fourth-order valence-corrected chi connectivity index (χ4v) is 2.87. The third kappa shape index (κ3) is 6.65. The number of nitrogens with one attached hydrogen (secondary N) is 2. The molecule has 0 saturated heterocycles. The van der Waals surface area contributed by atoms with Crippen LogP contribution < -0.4 is 15.5 Å². The molecule has 0 bridgehead atoms. The molecule has 0 aliphatic rings. The molecule has 0 aromatic heterocycles. The Labute approximate surface area is 195 Å². The number of ether oxygens (including phenoxy) is 2. The monoisotopic (exact) mass is 465 g/mol. The Morgan fingerprint density at radius 3 is 2.36 bits per heavy atom. The molecule has 0 atom stereocenters. The third-order valence-corrected chi connectivity index (χ3v) is 4.72. The van der Waals surface area contributed by atoms with Crippen molar-refractivity contribution >= 4 is 41.3 Å². The first-order valence-electron chi connectivity index (χ1n) is 9.76. The van der Waals surface area contributed by atoms with Crippen LogP contribution in [-0.2, 0) is 20.9 Å². The van der Waals surface area contributed by atoms with Crippen LogP contribution in [0.15, 0.2) is 77.9 Å². The molecule has 0 spiro atoms. The summed E-state index contributed by atoms with van der Waals surface area (Å²) in [6, 6.07) is 20.5. The molecule has 0 saturated carbocycles. The van der Waals surface area contributed by atoms with Crippen LogP contribution in [-0.4, -0.2) is 31.1 Å². The predicted octanol–water partition coefficient (Wildman–Crippen LogP) is 3.79. The van der Waals surface area contributed by atoms with Crippen LogP contribution in [0.5, 0.6) is 5.75 Å². The summed E-state index contributed by atoms with van der Waals surface area (Å²) in [5, 5.41) is 6.56. The summed E-state index contributed by atoms with van der Waals surface area (Å²) in [6.45, 7) is 0.249. The second-order valence-corrected chi connectivity index (χ2v) is 7.06. The van der Waals surface area contributed by atoms with E-state index in [0.717, 1.165) is 5.56 Å².